The third-order valence-electron chi connectivity index (χ3n) is 5.95. The normalized spacial score (nSPS) is 11.7. The molecule has 222 valence electrons. The van der Waals surface area contributed by atoms with E-state index in [0.29, 0.717) is 16.3 Å². The number of hydrogen-bond donors (Lipinski definition) is 2. The van der Waals surface area contributed by atoms with Crippen LogP contribution in [0, 0.1) is 20.8 Å². The molecule has 0 aliphatic heterocycles. The minimum absolute atomic E-state index is 0.0314. The Labute approximate surface area is 241 Å². The Morgan fingerprint density at radius 1 is 0.929 bits per heavy atom. The summed E-state index contributed by atoms with van der Waals surface area (Å²) in [7, 11) is 1.40. The van der Waals surface area contributed by atoms with Gasteiger partial charge in [-0.05, 0) is 65.8 Å². The Bertz CT molecular complexity index is 1490. The molecule has 13 nitrogen and oxygen atoms in total. The van der Waals surface area contributed by atoms with Crippen LogP contribution in [0.15, 0.2) is 48.8 Å². The Morgan fingerprint density at radius 3 is 2.10 bits per heavy atom. The van der Waals surface area contributed by atoms with Gasteiger partial charge in [-0.3, -0.25) is 14.7 Å². The van der Waals surface area contributed by atoms with Crippen molar-refractivity contribution in [1.29, 1.82) is 0 Å². The van der Waals surface area contributed by atoms with E-state index in [-0.39, 0.29) is 16.7 Å². The maximum atomic E-state index is 14.1. The number of carboxylic acids is 1. The van der Waals surface area contributed by atoms with Crippen molar-refractivity contribution in [3.05, 3.63) is 82.2 Å². The molecule has 0 aliphatic rings. The molecular weight excluding hydrogens is 548 g/mol. The van der Waals surface area contributed by atoms with Gasteiger partial charge in [0.05, 0.1) is 24.4 Å². The van der Waals surface area contributed by atoms with Crippen LogP contribution in [-0.2, 0) is 14.3 Å². The molecule has 0 radical (unpaired) electrons. The molecule has 2 aromatic carbocycles. The first-order chi connectivity index (χ1) is 19.6. The van der Waals surface area contributed by atoms with Crippen molar-refractivity contribution in [2.24, 2.45) is 0 Å². The summed E-state index contributed by atoms with van der Waals surface area (Å²) in [6, 6.07) is 9.56. The number of ether oxygens (including phenoxy) is 3. The fraction of sp³-hybridized carbons (Fsp3) is 0.310. The predicted octanol–water partition coefficient (Wildman–Crippen LogP) is 4.05. The fourth-order valence-corrected chi connectivity index (χ4v) is 4.15. The number of benzene rings is 2. The van der Waals surface area contributed by atoms with Crippen LogP contribution in [0.1, 0.15) is 68.5 Å². The van der Waals surface area contributed by atoms with Crippen molar-refractivity contribution in [3.63, 3.8) is 0 Å². The molecule has 0 saturated heterocycles. The third kappa shape index (κ3) is 6.92. The van der Waals surface area contributed by atoms with E-state index in [9.17, 15) is 29.1 Å². The molecule has 42 heavy (non-hydrogen) atoms. The summed E-state index contributed by atoms with van der Waals surface area (Å²) in [4.78, 5) is 66.2. The van der Waals surface area contributed by atoms with Crippen molar-refractivity contribution in [2.45, 2.75) is 53.4 Å². The van der Waals surface area contributed by atoms with Gasteiger partial charge in [0.2, 0.25) is 0 Å². The van der Waals surface area contributed by atoms with Crippen molar-refractivity contribution >= 4 is 29.8 Å². The molecule has 1 heterocycles. The van der Waals surface area contributed by atoms with E-state index >= 15 is 0 Å². The highest BCUT2D eigenvalue weighted by molar-refractivity contribution is 6.07. The zero-order valence-electron chi connectivity index (χ0n) is 24.3. The number of aromatic nitrogens is 2. The van der Waals surface area contributed by atoms with Gasteiger partial charge in [-0.15, -0.1) is 5.01 Å². The average molecular weight is 581 g/mol. The molecule has 1 unspecified atom stereocenters. The van der Waals surface area contributed by atoms with Crippen molar-refractivity contribution in [3.8, 4) is 5.75 Å². The van der Waals surface area contributed by atoms with Crippen LogP contribution in [0.5, 0.6) is 5.75 Å². The van der Waals surface area contributed by atoms with Crippen LogP contribution in [0.25, 0.3) is 0 Å². The maximum Gasteiger partial charge on any atom is 0.440 e. The van der Waals surface area contributed by atoms with E-state index in [1.165, 1.54) is 19.2 Å². The van der Waals surface area contributed by atoms with Gasteiger partial charge in [-0.1, -0.05) is 23.3 Å². The summed E-state index contributed by atoms with van der Waals surface area (Å²) in [5.41, 5.74) is 0.618. The molecule has 3 amide bonds. The SMILES string of the molecule is COc1cccc(C(=O)N(C(=O)OC(OC(=O)c2cn[nH]c2)C(=O)O)N(C(=O)c2cc(C)cc(C)c2)C(C)(C)C)c1C. The number of methoxy groups -OCH3 is 1. The van der Waals surface area contributed by atoms with Gasteiger partial charge < -0.3 is 19.3 Å². The number of aryl methyl sites for hydroxylation is 2. The van der Waals surface area contributed by atoms with E-state index in [2.05, 4.69) is 10.2 Å². The molecule has 0 aliphatic carbocycles. The lowest BCUT2D eigenvalue weighted by molar-refractivity contribution is -0.170. The monoisotopic (exact) mass is 580 g/mol. The van der Waals surface area contributed by atoms with Crippen LogP contribution in [0.2, 0.25) is 0 Å². The fourth-order valence-electron chi connectivity index (χ4n) is 4.15. The van der Waals surface area contributed by atoms with Gasteiger partial charge in [0.25, 0.3) is 11.8 Å². The molecule has 0 spiro atoms. The summed E-state index contributed by atoms with van der Waals surface area (Å²) >= 11 is 0. The smallest absolute Gasteiger partial charge is 0.440 e. The number of esters is 1. The number of carboxylic acid groups (broad SMARTS) is 1. The number of hydrazine groups is 1. The highest BCUT2D eigenvalue weighted by Gasteiger charge is 2.43. The molecule has 3 rings (SSSR count). The molecule has 13 heteroatoms. The van der Waals surface area contributed by atoms with Gasteiger partial charge in [-0.2, -0.15) is 5.10 Å². The molecule has 0 fully saturated rings. The second-order valence-electron chi connectivity index (χ2n) is 10.4. The number of nitrogens with zero attached hydrogens (tertiary/aromatic N) is 3. The topological polar surface area (TPSA) is 168 Å². The van der Waals surface area contributed by atoms with Crippen molar-refractivity contribution < 1.29 is 43.3 Å². The van der Waals surface area contributed by atoms with E-state index in [1.54, 1.807) is 59.7 Å². The highest BCUT2D eigenvalue weighted by Crippen LogP contribution is 2.28. The largest absolute Gasteiger partial charge is 0.496 e. The zero-order valence-corrected chi connectivity index (χ0v) is 24.3. The number of H-pyrrole nitrogens is 1. The van der Waals surface area contributed by atoms with Crippen LogP contribution in [0.3, 0.4) is 0 Å². The molecule has 2 N–H and O–H groups in total. The first-order valence-electron chi connectivity index (χ1n) is 12.7. The van der Waals surface area contributed by atoms with Crippen LogP contribution >= 0.6 is 0 Å². The average Bonchev–Trinajstić information content (AvgIpc) is 3.44. The lowest BCUT2D eigenvalue weighted by Gasteiger charge is -2.41. The first-order valence-corrected chi connectivity index (χ1v) is 12.7. The number of aromatic amines is 1. The minimum Gasteiger partial charge on any atom is -0.496 e. The number of nitrogens with one attached hydrogen (secondary N) is 1. The number of carbonyl (C=O) groups is 5. The van der Waals surface area contributed by atoms with Gasteiger partial charge in [-0.25, -0.2) is 19.4 Å². The van der Waals surface area contributed by atoms with E-state index in [4.69, 9.17) is 14.2 Å². The van der Waals surface area contributed by atoms with Crippen molar-refractivity contribution in [1.82, 2.24) is 20.2 Å². The Hall–Kier alpha value is -5.20. The van der Waals surface area contributed by atoms with Gasteiger partial charge in [0.15, 0.2) is 0 Å². The van der Waals surface area contributed by atoms with Gasteiger partial charge in [0.1, 0.15) is 5.75 Å². The lowest BCUT2D eigenvalue weighted by Crippen LogP contribution is -2.61. The summed E-state index contributed by atoms with van der Waals surface area (Å²) in [6.07, 6.45) is -1.83. The Kier molecular flexibility index (Phi) is 9.35. The van der Waals surface area contributed by atoms with Crippen molar-refractivity contribution in [2.75, 3.05) is 7.11 Å². The summed E-state index contributed by atoms with van der Waals surface area (Å²) in [5, 5.41) is 16.9. The van der Waals surface area contributed by atoms with E-state index < -0.39 is 41.7 Å². The predicted molar refractivity (Wildman–Crippen MR) is 148 cm³/mol. The van der Waals surface area contributed by atoms with Crippen LogP contribution in [-0.4, -0.2) is 74.1 Å². The first kappa shape index (κ1) is 31.3. The second kappa shape index (κ2) is 12.5. The number of aliphatic carboxylic acids is 1. The lowest BCUT2D eigenvalue weighted by atomic mass is 10.0. The quantitative estimate of drug-likeness (QED) is 0.236. The number of hydrogen-bond acceptors (Lipinski definition) is 9. The van der Waals surface area contributed by atoms with Gasteiger partial charge in [0, 0.05) is 22.9 Å². The molecule has 3 aromatic rings. The number of carbonyl (C=O) groups excluding carboxylic acids is 4. The van der Waals surface area contributed by atoms with Gasteiger partial charge >= 0.3 is 24.3 Å². The third-order valence-corrected chi connectivity index (χ3v) is 5.95. The number of amides is 3. The Morgan fingerprint density at radius 2 is 1.57 bits per heavy atom. The van der Waals surface area contributed by atoms with E-state index in [0.717, 1.165) is 28.5 Å². The maximum absolute atomic E-state index is 14.1. The number of imide groups is 1. The van der Waals surface area contributed by atoms with E-state index in [1.807, 2.05) is 6.07 Å². The number of rotatable bonds is 7. The zero-order chi connectivity index (χ0) is 31.4. The summed E-state index contributed by atoms with van der Waals surface area (Å²) < 4.78 is 15.2. The summed E-state index contributed by atoms with van der Waals surface area (Å²) in [5.74, 6) is -4.44. The highest BCUT2D eigenvalue weighted by atomic mass is 16.7. The standard InChI is InChI=1S/C29H32N4O9/c1-16-11-17(2)13-19(12-16)23(34)33(29(4,5)6)32(24(35)21-9-8-10-22(40-7)18(21)3)28(39)42-27(25(36)37)41-26(38)20-14-30-31-15-20/h8-15,27H,1-7H3,(H,30,31)(H,36,37). The molecule has 1 aromatic heterocycles. The Balaban J connectivity index is 2.14. The molecular formula is C29H32N4O9. The molecule has 1 atom stereocenters. The summed E-state index contributed by atoms with van der Waals surface area (Å²) in [6.45, 7) is 9.88. The molecule has 0 saturated carbocycles. The second-order valence-corrected chi connectivity index (χ2v) is 10.4. The van der Waals surface area contributed by atoms with Crippen LogP contribution < -0.4 is 4.74 Å². The minimum atomic E-state index is -2.47. The molecule has 0 bridgehead atoms. The van der Waals surface area contributed by atoms with Crippen LogP contribution in [0.4, 0.5) is 4.79 Å².